The Bertz CT molecular complexity index is 743. The van der Waals surface area contributed by atoms with Crippen molar-refractivity contribution in [2.75, 3.05) is 26.8 Å². The fraction of sp³-hybridized carbons (Fsp3) is 0.636. The Hall–Kier alpha value is -2.12. The number of hydrazine groups is 1. The molecule has 1 unspecified atom stereocenters. The van der Waals surface area contributed by atoms with Gasteiger partial charge in [0.25, 0.3) is 5.91 Å². The summed E-state index contributed by atoms with van der Waals surface area (Å²) in [5, 5.41) is 4.02. The summed E-state index contributed by atoms with van der Waals surface area (Å²) >= 11 is 0. The lowest BCUT2D eigenvalue weighted by molar-refractivity contribution is -0.193. The molecule has 3 heterocycles. The van der Waals surface area contributed by atoms with Crippen LogP contribution in [0, 0.1) is 0 Å². The lowest BCUT2D eigenvalue weighted by atomic mass is 9.86. The third-order valence-corrected chi connectivity index (χ3v) is 7.06. The van der Waals surface area contributed by atoms with Gasteiger partial charge in [0, 0.05) is 13.7 Å². The monoisotopic (exact) mass is 401 g/mol. The van der Waals surface area contributed by atoms with Gasteiger partial charge in [-0.25, -0.2) is 9.80 Å². The fourth-order valence-corrected chi connectivity index (χ4v) is 5.26. The highest BCUT2D eigenvalue weighted by molar-refractivity contribution is 5.91. The third-order valence-electron chi connectivity index (χ3n) is 7.06. The summed E-state index contributed by atoms with van der Waals surface area (Å²) in [5.41, 5.74) is 0.750. The topological polar surface area (TPSA) is 62.3 Å². The highest BCUT2D eigenvalue weighted by Gasteiger charge is 2.54. The summed E-state index contributed by atoms with van der Waals surface area (Å²) in [4.78, 5) is 27.2. The first kappa shape index (κ1) is 20.2. The first-order valence-corrected chi connectivity index (χ1v) is 10.7. The summed E-state index contributed by atoms with van der Waals surface area (Å²) in [6, 6.07) is 9.30. The second-order valence-corrected chi connectivity index (χ2v) is 8.14. The van der Waals surface area contributed by atoms with Crippen molar-refractivity contribution in [3.05, 3.63) is 35.9 Å². The van der Waals surface area contributed by atoms with E-state index in [9.17, 15) is 9.59 Å². The van der Waals surface area contributed by atoms with Crippen LogP contribution in [0.3, 0.4) is 0 Å². The number of hydrogen-bond acceptors (Lipinski definition) is 5. The zero-order chi connectivity index (χ0) is 20.6. The number of amides is 2. The number of β-lactam (4-membered cyclic amide) rings is 1. The zero-order valence-corrected chi connectivity index (χ0v) is 17.5. The van der Waals surface area contributed by atoms with E-state index in [4.69, 9.17) is 9.47 Å². The molecule has 158 valence electrons. The fourth-order valence-electron chi connectivity index (χ4n) is 5.26. The van der Waals surface area contributed by atoms with Crippen molar-refractivity contribution in [3.8, 4) is 0 Å². The van der Waals surface area contributed by atoms with Gasteiger partial charge in [-0.1, -0.05) is 44.2 Å². The largest absolute Gasteiger partial charge is 0.447 e. The van der Waals surface area contributed by atoms with E-state index in [0.29, 0.717) is 6.54 Å². The number of carbonyl (C=O) groups excluding carboxylic acids is 2. The van der Waals surface area contributed by atoms with Gasteiger partial charge in [0.1, 0.15) is 12.6 Å². The Morgan fingerprint density at radius 3 is 2.48 bits per heavy atom. The van der Waals surface area contributed by atoms with Crippen LogP contribution in [0.5, 0.6) is 0 Å². The number of cyclic esters (lactones) is 1. The van der Waals surface area contributed by atoms with Crippen LogP contribution in [0.25, 0.3) is 0 Å². The number of ether oxygens (including phenoxy) is 2. The van der Waals surface area contributed by atoms with Crippen molar-refractivity contribution >= 4 is 12.0 Å². The van der Waals surface area contributed by atoms with Gasteiger partial charge in [-0.15, -0.1) is 0 Å². The molecule has 7 nitrogen and oxygen atoms in total. The molecule has 0 aromatic heterocycles. The Morgan fingerprint density at radius 2 is 1.86 bits per heavy atom. The van der Waals surface area contributed by atoms with Crippen LogP contribution in [0.4, 0.5) is 4.79 Å². The summed E-state index contributed by atoms with van der Waals surface area (Å²) in [7, 11) is 1.77. The molecule has 1 aromatic carbocycles. The normalized spacial score (nSPS) is 28.0. The minimum absolute atomic E-state index is 0.0195. The van der Waals surface area contributed by atoms with Crippen molar-refractivity contribution < 1.29 is 19.1 Å². The maximum Gasteiger partial charge on any atom is 0.411 e. The molecule has 7 heteroatoms. The van der Waals surface area contributed by atoms with Crippen molar-refractivity contribution in [1.29, 1.82) is 0 Å². The molecule has 0 spiro atoms. The number of carbonyl (C=O) groups is 2. The highest BCUT2D eigenvalue weighted by Crippen LogP contribution is 2.39. The molecule has 3 aliphatic rings. The quantitative estimate of drug-likeness (QED) is 0.658. The van der Waals surface area contributed by atoms with Crippen LogP contribution in [0.1, 0.15) is 51.1 Å². The standard InChI is InChI=1S/C22H31N3O4/c1-4-22(5-2,28-3)19-12-9-13-23(19)24-14-17(20(24)26)25-18(15-29-21(25)27)16-10-7-6-8-11-16/h6-8,10-11,17-19H,4-5,9,12-15H2,1-3H3/t17?,18-,19-/m0/s1. The van der Waals surface area contributed by atoms with E-state index in [1.54, 1.807) is 12.0 Å². The smallest absolute Gasteiger partial charge is 0.411 e. The maximum atomic E-state index is 13.2. The molecule has 4 rings (SSSR count). The molecule has 0 N–H and O–H groups in total. The summed E-state index contributed by atoms with van der Waals surface area (Å²) < 4.78 is 11.3. The summed E-state index contributed by atoms with van der Waals surface area (Å²) in [6.07, 6.45) is 3.47. The molecule has 29 heavy (non-hydrogen) atoms. The van der Waals surface area contributed by atoms with Gasteiger partial charge in [-0.2, -0.15) is 0 Å². The number of hydrogen-bond donors (Lipinski definition) is 0. The maximum absolute atomic E-state index is 13.2. The van der Waals surface area contributed by atoms with Gasteiger partial charge in [-0.3, -0.25) is 14.7 Å². The van der Waals surface area contributed by atoms with E-state index in [-0.39, 0.29) is 30.2 Å². The van der Waals surface area contributed by atoms with Crippen LogP contribution in [0.2, 0.25) is 0 Å². The summed E-state index contributed by atoms with van der Waals surface area (Å²) in [6.45, 7) is 5.95. The van der Waals surface area contributed by atoms with E-state index >= 15 is 0 Å². The predicted molar refractivity (Wildman–Crippen MR) is 108 cm³/mol. The second kappa shape index (κ2) is 7.95. The van der Waals surface area contributed by atoms with Gasteiger partial charge < -0.3 is 9.47 Å². The number of methoxy groups -OCH3 is 1. The minimum atomic E-state index is -0.461. The SMILES string of the molecule is CCC(CC)(OC)[C@@H]1CCCN1N1CC(N2C(=O)OC[C@H]2c2ccccc2)C1=O. The average molecular weight is 402 g/mol. The first-order chi connectivity index (χ1) is 14.1. The zero-order valence-electron chi connectivity index (χ0n) is 17.5. The molecular weight excluding hydrogens is 370 g/mol. The van der Waals surface area contributed by atoms with Gasteiger partial charge in [0.05, 0.1) is 24.2 Å². The molecule has 3 fully saturated rings. The molecule has 3 saturated heterocycles. The molecular formula is C22H31N3O4. The van der Waals surface area contributed by atoms with Crippen LogP contribution in [-0.2, 0) is 14.3 Å². The van der Waals surface area contributed by atoms with E-state index in [1.165, 1.54) is 0 Å². The molecule has 2 amide bonds. The molecule has 1 aromatic rings. The molecule has 3 atom stereocenters. The molecule has 0 aliphatic carbocycles. The van der Waals surface area contributed by atoms with Crippen LogP contribution in [-0.4, -0.2) is 71.4 Å². The van der Waals surface area contributed by atoms with Crippen molar-refractivity contribution in [3.63, 3.8) is 0 Å². The molecule has 3 aliphatic heterocycles. The second-order valence-electron chi connectivity index (χ2n) is 8.14. The van der Waals surface area contributed by atoms with Crippen LogP contribution >= 0.6 is 0 Å². The third kappa shape index (κ3) is 3.20. The lowest BCUT2D eigenvalue weighted by Crippen LogP contribution is -2.71. The van der Waals surface area contributed by atoms with E-state index in [0.717, 1.165) is 37.8 Å². The van der Waals surface area contributed by atoms with E-state index in [1.807, 2.05) is 35.3 Å². The van der Waals surface area contributed by atoms with Gasteiger partial charge in [0.2, 0.25) is 0 Å². The van der Waals surface area contributed by atoms with E-state index in [2.05, 4.69) is 18.9 Å². The Morgan fingerprint density at radius 1 is 1.14 bits per heavy atom. The number of nitrogens with zero attached hydrogens (tertiary/aromatic N) is 3. The van der Waals surface area contributed by atoms with Gasteiger partial charge in [0.15, 0.2) is 0 Å². The highest BCUT2D eigenvalue weighted by atomic mass is 16.6. The number of benzene rings is 1. The Kier molecular flexibility index (Phi) is 5.53. The van der Waals surface area contributed by atoms with Crippen molar-refractivity contribution in [2.45, 2.75) is 63.3 Å². The predicted octanol–water partition coefficient (Wildman–Crippen LogP) is 2.98. The van der Waals surface area contributed by atoms with E-state index < -0.39 is 12.1 Å². The van der Waals surface area contributed by atoms with Gasteiger partial charge >= 0.3 is 6.09 Å². The molecule has 0 bridgehead atoms. The lowest BCUT2D eigenvalue weighted by Gasteiger charge is -2.52. The summed E-state index contributed by atoms with van der Waals surface area (Å²) in [5.74, 6) is -0.0195. The molecule has 0 saturated carbocycles. The first-order valence-electron chi connectivity index (χ1n) is 10.7. The van der Waals surface area contributed by atoms with Crippen LogP contribution in [0.15, 0.2) is 30.3 Å². The Balaban J connectivity index is 1.50. The van der Waals surface area contributed by atoms with Crippen molar-refractivity contribution in [1.82, 2.24) is 14.9 Å². The average Bonchev–Trinajstić information content (AvgIpc) is 3.38. The molecule has 0 radical (unpaired) electrons. The van der Waals surface area contributed by atoms with Gasteiger partial charge in [-0.05, 0) is 31.2 Å². The Labute approximate surface area is 172 Å². The number of rotatable bonds is 7. The van der Waals surface area contributed by atoms with Crippen molar-refractivity contribution in [2.24, 2.45) is 0 Å². The van der Waals surface area contributed by atoms with Crippen LogP contribution < -0.4 is 0 Å². The minimum Gasteiger partial charge on any atom is -0.447 e.